The minimum Gasteiger partial charge on any atom is -0.353 e. The van der Waals surface area contributed by atoms with Gasteiger partial charge in [0.15, 0.2) is 5.82 Å². The number of carbonyl (C=O) groups is 1. The molecule has 1 amide bonds. The number of rotatable bonds is 4. The summed E-state index contributed by atoms with van der Waals surface area (Å²) in [6.45, 7) is 1.58. The second-order valence-electron chi connectivity index (χ2n) is 6.81. The molecule has 0 spiro atoms. The highest BCUT2D eigenvalue weighted by Gasteiger charge is 2.19. The van der Waals surface area contributed by atoms with E-state index in [1.54, 1.807) is 36.7 Å². The summed E-state index contributed by atoms with van der Waals surface area (Å²) in [6, 6.07) is 6.95. The third-order valence-corrected chi connectivity index (χ3v) is 5.16. The number of nitrogens with zero attached hydrogens (tertiary/aromatic N) is 5. The zero-order chi connectivity index (χ0) is 19.5. The van der Waals surface area contributed by atoms with Gasteiger partial charge in [-0.2, -0.15) is 0 Å². The second-order valence-corrected chi connectivity index (χ2v) is 7.22. The topological polar surface area (TPSA) is 84.5 Å². The van der Waals surface area contributed by atoms with E-state index < -0.39 is 0 Å². The maximum atomic E-state index is 12.7. The number of halogens is 1. The fraction of sp³-hybridized carbons (Fsp3) is 0.368. The molecule has 1 aliphatic heterocycles. The lowest BCUT2D eigenvalue weighted by Crippen LogP contribution is -2.28. The van der Waals surface area contributed by atoms with Gasteiger partial charge in [-0.05, 0) is 25.0 Å². The molecule has 28 heavy (non-hydrogen) atoms. The van der Waals surface area contributed by atoms with Gasteiger partial charge in [0.25, 0.3) is 0 Å². The van der Waals surface area contributed by atoms with Crippen LogP contribution in [0, 0.1) is 0 Å². The smallest absolute Gasteiger partial charge is 0.350 e. The standard InChI is InChI=1S/C19H21ClN6O2/c20-14-7-3-4-8-15(14)22-16(27)13-26-19(28)25-12-9-21-17(18(25)23-26)24-10-5-1-2-6-11-24/h3-4,7-9,12H,1-2,5-6,10-11,13H2,(H,22,27). The maximum absolute atomic E-state index is 12.7. The minimum atomic E-state index is -0.372. The first-order valence-corrected chi connectivity index (χ1v) is 9.75. The Morgan fingerprint density at radius 2 is 1.89 bits per heavy atom. The Hall–Kier alpha value is -2.87. The van der Waals surface area contributed by atoms with Crippen LogP contribution < -0.4 is 15.9 Å². The molecule has 3 heterocycles. The first kappa shape index (κ1) is 18.5. The number of amides is 1. The van der Waals surface area contributed by atoms with Crippen LogP contribution in [0.1, 0.15) is 25.7 Å². The fourth-order valence-corrected chi connectivity index (χ4v) is 3.62. The first-order chi connectivity index (χ1) is 13.6. The van der Waals surface area contributed by atoms with E-state index in [0.29, 0.717) is 22.2 Å². The molecule has 1 aliphatic rings. The highest BCUT2D eigenvalue weighted by atomic mass is 35.5. The highest BCUT2D eigenvalue weighted by Crippen LogP contribution is 2.21. The molecule has 146 valence electrons. The summed E-state index contributed by atoms with van der Waals surface area (Å²) < 4.78 is 2.60. The molecule has 1 saturated heterocycles. The molecule has 0 unspecified atom stereocenters. The molecule has 2 aromatic heterocycles. The van der Waals surface area contributed by atoms with Crippen molar-refractivity contribution < 1.29 is 4.79 Å². The van der Waals surface area contributed by atoms with E-state index >= 15 is 0 Å². The third-order valence-electron chi connectivity index (χ3n) is 4.83. The van der Waals surface area contributed by atoms with E-state index in [2.05, 4.69) is 20.3 Å². The number of nitrogens with one attached hydrogen (secondary N) is 1. The summed E-state index contributed by atoms with van der Waals surface area (Å²) in [4.78, 5) is 31.7. The Bertz CT molecular complexity index is 1050. The first-order valence-electron chi connectivity index (χ1n) is 9.37. The molecular formula is C19H21ClN6O2. The zero-order valence-electron chi connectivity index (χ0n) is 15.3. The summed E-state index contributed by atoms with van der Waals surface area (Å²) in [7, 11) is 0. The van der Waals surface area contributed by atoms with Crippen LogP contribution >= 0.6 is 11.6 Å². The Balaban J connectivity index is 1.60. The monoisotopic (exact) mass is 400 g/mol. The maximum Gasteiger partial charge on any atom is 0.350 e. The molecule has 9 heteroatoms. The Kier molecular flexibility index (Phi) is 5.29. The van der Waals surface area contributed by atoms with Gasteiger partial charge >= 0.3 is 5.69 Å². The number of anilines is 2. The van der Waals surface area contributed by atoms with Crippen molar-refractivity contribution in [2.75, 3.05) is 23.3 Å². The number of carbonyl (C=O) groups excluding carboxylic acids is 1. The summed E-state index contributed by atoms with van der Waals surface area (Å²) in [5.74, 6) is 0.314. The van der Waals surface area contributed by atoms with Crippen molar-refractivity contribution >= 4 is 34.7 Å². The van der Waals surface area contributed by atoms with Gasteiger partial charge in [-0.25, -0.2) is 18.9 Å². The van der Waals surface area contributed by atoms with Crippen molar-refractivity contribution in [3.8, 4) is 0 Å². The van der Waals surface area contributed by atoms with E-state index in [1.807, 2.05) is 0 Å². The molecule has 0 atom stereocenters. The number of benzene rings is 1. The van der Waals surface area contributed by atoms with Crippen LogP contribution in [0.5, 0.6) is 0 Å². The SMILES string of the molecule is O=C(Cn1nc2c(N3CCCCCC3)nccn2c1=O)Nc1ccccc1Cl. The zero-order valence-corrected chi connectivity index (χ0v) is 16.1. The predicted octanol–water partition coefficient (Wildman–Crippen LogP) is 2.56. The molecule has 0 saturated carbocycles. The number of para-hydroxylation sites is 1. The molecule has 1 fully saturated rings. The van der Waals surface area contributed by atoms with E-state index in [1.165, 1.54) is 17.2 Å². The Labute approximate surface area is 166 Å². The molecule has 4 rings (SSSR count). The van der Waals surface area contributed by atoms with E-state index in [4.69, 9.17) is 11.6 Å². The van der Waals surface area contributed by atoms with Gasteiger partial charge in [0.1, 0.15) is 6.54 Å². The van der Waals surface area contributed by atoms with Crippen LogP contribution in [0.25, 0.3) is 5.65 Å². The van der Waals surface area contributed by atoms with Gasteiger partial charge in [0.05, 0.1) is 10.7 Å². The summed E-state index contributed by atoms with van der Waals surface area (Å²) in [5.41, 5.74) is 0.598. The third kappa shape index (κ3) is 3.73. The van der Waals surface area contributed by atoms with Crippen LogP contribution in [-0.2, 0) is 11.3 Å². The van der Waals surface area contributed by atoms with Gasteiger partial charge in [-0.3, -0.25) is 4.79 Å². The lowest BCUT2D eigenvalue weighted by atomic mass is 10.2. The predicted molar refractivity (Wildman–Crippen MR) is 108 cm³/mol. The van der Waals surface area contributed by atoms with E-state index in [-0.39, 0.29) is 18.1 Å². The Morgan fingerprint density at radius 3 is 2.64 bits per heavy atom. The minimum absolute atomic E-state index is 0.203. The van der Waals surface area contributed by atoms with E-state index in [0.717, 1.165) is 30.6 Å². The van der Waals surface area contributed by atoms with Gasteiger partial charge in [-0.1, -0.05) is 36.6 Å². The van der Waals surface area contributed by atoms with Crippen molar-refractivity contribution in [3.63, 3.8) is 0 Å². The fourth-order valence-electron chi connectivity index (χ4n) is 3.43. The molecule has 0 radical (unpaired) electrons. The van der Waals surface area contributed by atoms with Crippen LogP contribution in [-0.4, -0.2) is 38.2 Å². The second kappa shape index (κ2) is 8.02. The quantitative estimate of drug-likeness (QED) is 0.727. The number of hydrogen-bond donors (Lipinski definition) is 1. The summed E-state index contributed by atoms with van der Waals surface area (Å²) in [6.07, 6.45) is 7.76. The lowest BCUT2D eigenvalue weighted by molar-refractivity contribution is -0.117. The van der Waals surface area contributed by atoms with Gasteiger partial charge < -0.3 is 10.2 Å². The number of hydrogen-bond acceptors (Lipinski definition) is 5. The normalized spacial score (nSPS) is 14.8. The van der Waals surface area contributed by atoms with Crippen LogP contribution in [0.2, 0.25) is 5.02 Å². The van der Waals surface area contributed by atoms with Crippen LogP contribution in [0.15, 0.2) is 41.5 Å². The Morgan fingerprint density at radius 1 is 1.14 bits per heavy atom. The average Bonchev–Trinajstić information content (AvgIpc) is 2.88. The molecule has 1 aromatic carbocycles. The molecule has 0 aliphatic carbocycles. The average molecular weight is 401 g/mol. The van der Waals surface area contributed by atoms with Crippen molar-refractivity contribution in [3.05, 3.63) is 52.2 Å². The molecule has 3 aromatic rings. The van der Waals surface area contributed by atoms with Crippen molar-refractivity contribution in [1.82, 2.24) is 19.2 Å². The molecule has 1 N–H and O–H groups in total. The van der Waals surface area contributed by atoms with Gasteiger partial charge in [-0.15, -0.1) is 5.10 Å². The number of aromatic nitrogens is 4. The summed E-state index contributed by atoms with van der Waals surface area (Å²) >= 11 is 6.07. The van der Waals surface area contributed by atoms with E-state index in [9.17, 15) is 9.59 Å². The lowest BCUT2D eigenvalue weighted by Gasteiger charge is -2.20. The van der Waals surface area contributed by atoms with Crippen molar-refractivity contribution in [1.29, 1.82) is 0 Å². The van der Waals surface area contributed by atoms with Gasteiger partial charge in [0.2, 0.25) is 11.6 Å². The van der Waals surface area contributed by atoms with Crippen molar-refractivity contribution in [2.45, 2.75) is 32.2 Å². The highest BCUT2D eigenvalue weighted by molar-refractivity contribution is 6.33. The van der Waals surface area contributed by atoms with Crippen LogP contribution in [0.3, 0.4) is 0 Å². The molecule has 0 bridgehead atoms. The summed E-state index contributed by atoms with van der Waals surface area (Å²) in [5, 5.41) is 7.54. The molecular weight excluding hydrogens is 380 g/mol. The van der Waals surface area contributed by atoms with Gasteiger partial charge in [0, 0.05) is 25.5 Å². The van der Waals surface area contributed by atoms with Crippen LogP contribution in [0.4, 0.5) is 11.5 Å². The van der Waals surface area contributed by atoms with Crippen molar-refractivity contribution in [2.24, 2.45) is 0 Å². The largest absolute Gasteiger partial charge is 0.353 e. The number of fused-ring (bicyclic) bond motifs is 1. The molecule has 8 nitrogen and oxygen atoms in total.